The molecule has 6 aromatic rings. The molecule has 0 radical (unpaired) electrons. The number of rotatable bonds is 20. The number of aliphatic carboxylic acids is 2. The van der Waals surface area contributed by atoms with Crippen molar-refractivity contribution in [2.45, 2.75) is 68.8 Å². The molecular formula is C54H62Cl5F3N13O18PS. The maximum Gasteiger partial charge on any atom is 0.416 e. The summed E-state index contributed by atoms with van der Waals surface area (Å²) in [6.45, 7) is 9.79. The lowest BCUT2D eigenvalue weighted by Crippen LogP contribution is -2.47. The van der Waals surface area contributed by atoms with Crippen LogP contribution in [0, 0.1) is 0 Å². The molecule has 31 nitrogen and oxygen atoms in total. The number of sulfonamides is 1. The summed E-state index contributed by atoms with van der Waals surface area (Å²) in [4.78, 5) is 110. The van der Waals surface area contributed by atoms with Gasteiger partial charge in [0.15, 0.2) is 16.0 Å². The van der Waals surface area contributed by atoms with E-state index in [4.69, 9.17) is 102 Å². The van der Waals surface area contributed by atoms with Gasteiger partial charge in [-0.15, -0.1) is 0 Å². The fourth-order valence-electron chi connectivity index (χ4n) is 6.82. The number of benzene rings is 3. The molecule has 0 saturated carbocycles. The summed E-state index contributed by atoms with van der Waals surface area (Å²) in [5.41, 5.74) is -0.585. The molecule has 1 unspecified atom stereocenters. The predicted octanol–water partition coefficient (Wildman–Crippen LogP) is 8.71. The summed E-state index contributed by atoms with van der Waals surface area (Å²) in [5, 5.41) is 26.3. The van der Waals surface area contributed by atoms with Gasteiger partial charge >= 0.3 is 37.7 Å². The number of esters is 1. The Labute approximate surface area is 565 Å². The van der Waals surface area contributed by atoms with Crippen LogP contribution in [0.4, 0.5) is 41.5 Å². The molecule has 41 heteroatoms. The van der Waals surface area contributed by atoms with Crippen LogP contribution in [-0.4, -0.2) is 176 Å². The molecule has 0 saturated heterocycles. The van der Waals surface area contributed by atoms with Crippen LogP contribution in [0.25, 0.3) is 0 Å². The number of urea groups is 1. The van der Waals surface area contributed by atoms with Crippen molar-refractivity contribution in [2.75, 3.05) is 75.1 Å². The number of hydrogen-bond donors (Lipinski definition) is 9. The van der Waals surface area contributed by atoms with E-state index in [0.29, 0.717) is 30.3 Å². The van der Waals surface area contributed by atoms with Crippen molar-refractivity contribution in [1.82, 2.24) is 44.8 Å². The number of nitrogens with zero attached hydrogens (tertiary/aromatic N) is 8. The third kappa shape index (κ3) is 27.5. The number of amides is 4. The highest BCUT2D eigenvalue weighted by atomic mass is 35.5. The summed E-state index contributed by atoms with van der Waals surface area (Å²) in [6, 6.07) is 16.8. The molecule has 0 bridgehead atoms. The molecule has 1 aliphatic heterocycles. The first-order chi connectivity index (χ1) is 44.3. The van der Waals surface area contributed by atoms with Gasteiger partial charge in [0.05, 0.1) is 71.6 Å². The third-order valence-electron chi connectivity index (χ3n) is 10.9. The number of alkyl halides is 5. The molecule has 3 aromatic carbocycles. The Kier molecular flexibility index (Phi) is 32.0. The number of pyridine rings is 1. The number of carboxylic acid groups (broad SMARTS) is 2. The number of nitrogens with one attached hydrogen (secondary N) is 5. The highest BCUT2D eigenvalue weighted by molar-refractivity contribution is 7.90. The summed E-state index contributed by atoms with van der Waals surface area (Å²) >= 11 is 28.7. The minimum atomic E-state index is -4.56. The minimum Gasteiger partial charge on any atom is -0.489 e. The van der Waals surface area contributed by atoms with E-state index in [2.05, 4.69) is 51.2 Å². The van der Waals surface area contributed by atoms with Crippen LogP contribution in [0.2, 0.25) is 15.3 Å². The molecule has 518 valence electrons. The van der Waals surface area contributed by atoms with Crippen LogP contribution in [0.1, 0.15) is 60.9 Å². The Morgan fingerprint density at radius 2 is 1.46 bits per heavy atom. The van der Waals surface area contributed by atoms with Gasteiger partial charge in [0.1, 0.15) is 23.9 Å². The highest BCUT2D eigenvalue weighted by Gasteiger charge is 2.33. The van der Waals surface area contributed by atoms with Crippen LogP contribution in [0.3, 0.4) is 0 Å². The van der Waals surface area contributed by atoms with Crippen molar-refractivity contribution in [3.63, 3.8) is 0 Å². The number of methoxy groups -OCH3 is 2. The Balaban J connectivity index is 0.000000325. The second kappa shape index (κ2) is 37.6. The number of carboxylic acids is 2. The van der Waals surface area contributed by atoms with Gasteiger partial charge in [0.2, 0.25) is 34.9 Å². The van der Waals surface area contributed by atoms with Crippen molar-refractivity contribution >= 4 is 135 Å². The summed E-state index contributed by atoms with van der Waals surface area (Å²) < 4.78 is 100. The molecule has 3 aromatic heterocycles. The van der Waals surface area contributed by atoms with E-state index in [1.54, 1.807) is 9.62 Å². The van der Waals surface area contributed by atoms with Crippen molar-refractivity contribution in [1.29, 1.82) is 0 Å². The van der Waals surface area contributed by atoms with E-state index in [-0.39, 0.29) is 73.7 Å². The zero-order valence-electron chi connectivity index (χ0n) is 51.2. The second-order valence-electron chi connectivity index (χ2n) is 19.0. The van der Waals surface area contributed by atoms with Gasteiger partial charge in [-0.3, -0.25) is 29.6 Å². The van der Waals surface area contributed by atoms with E-state index in [1.165, 1.54) is 69.7 Å². The van der Waals surface area contributed by atoms with E-state index >= 15 is 0 Å². The molecule has 1 aliphatic rings. The number of fused-ring (bicyclic) bond motifs is 1. The monoisotopic (exact) mass is 1480 g/mol. The van der Waals surface area contributed by atoms with Crippen molar-refractivity contribution in [3.05, 3.63) is 117 Å². The zero-order valence-corrected chi connectivity index (χ0v) is 56.7. The van der Waals surface area contributed by atoms with Gasteiger partial charge in [-0.2, -0.15) is 46.5 Å². The maximum absolute atomic E-state index is 12.7. The summed E-state index contributed by atoms with van der Waals surface area (Å²) in [7, 11) is -2.94. The Hall–Kier alpha value is -8.38. The zero-order chi connectivity index (χ0) is 71.7. The highest BCUT2D eigenvalue weighted by Crippen LogP contribution is 2.38. The number of hydrogen-bond acceptors (Lipinski definition) is 23. The third-order valence-corrected chi connectivity index (χ3v) is 14.0. The quantitative estimate of drug-likeness (QED) is 0.0196. The fourth-order valence-corrected chi connectivity index (χ4v) is 9.04. The molecule has 0 aliphatic carbocycles. The van der Waals surface area contributed by atoms with E-state index < -0.39 is 88.0 Å². The molecule has 0 fully saturated rings. The standard InChI is InChI=1S/C17H11Cl2F3O5.C15H18N6O6S.C11H11Cl2NO2.C8H14ClN5.C3H8NO5P/c1-8(15(23)24)26-16(25)11-7-10(3-4-12(11)18)27-14-5-2-9(6-13(14)19)17(20,21)22;1-21(2)13(22)9-6-5-7-16-12(9)28(24,25)20-15(23)19-14-17-10(26-3)8-11(18-14)27-4;1-7-6-16-9-5-3-2-4-8(9)14(7)11(15)10(12)13;1-4-10-7-12-6(9)13-8(14-7)11-5(2)3;5-3(6)1-4-2-10(7,8)9/h2-8H,1H3,(H,23,24);5-8H,1-4H3,(H2,17,18,19,20,23);2-5,7,10H,6H2,1H3;5H,4H2,1-3H3,(H2,10,11,12,13,14);4H,1-2H2,(H,5,6)(H2,7,8,9)/t8-;;;;/m0..../s1. The smallest absolute Gasteiger partial charge is 0.416 e. The lowest BCUT2D eigenvalue weighted by atomic mass is 10.1. The van der Waals surface area contributed by atoms with Crippen molar-refractivity contribution in [2.24, 2.45) is 0 Å². The van der Waals surface area contributed by atoms with Gasteiger partial charge in [0, 0.05) is 32.9 Å². The second-order valence-corrected chi connectivity index (χ2v) is 24.5. The van der Waals surface area contributed by atoms with Crippen LogP contribution < -0.4 is 49.8 Å². The lowest BCUT2D eigenvalue weighted by Gasteiger charge is -2.35. The van der Waals surface area contributed by atoms with Gasteiger partial charge < -0.3 is 64.1 Å². The number of anilines is 4. The maximum atomic E-state index is 12.7. The molecule has 4 heterocycles. The van der Waals surface area contributed by atoms with Crippen LogP contribution in [-0.2, 0) is 39.9 Å². The Morgan fingerprint density at radius 3 is 2.01 bits per heavy atom. The first-order valence-electron chi connectivity index (χ1n) is 26.8. The Morgan fingerprint density at radius 1 is 0.832 bits per heavy atom. The SMILES string of the molecule is CC1COc2ccccc2N1C(=O)C(Cl)Cl.CCNc1nc(Cl)nc(NC(C)C)n1.COc1cc(OC)nc(NC(=O)NS(=O)(=O)c2ncccc2C(=O)N(C)C)n1.C[C@H](OC(=O)c1cc(Oc2ccc(C(F)(F)F)cc2Cl)ccc1Cl)C(=O)O.O=C(O)CNCP(=O)(O)O. The number of ether oxygens (including phenoxy) is 5. The number of aromatic nitrogens is 6. The lowest BCUT2D eigenvalue weighted by molar-refractivity contribution is -0.146. The minimum absolute atomic E-state index is 0.0246. The molecule has 95 heavy (non-hydrogen) atoms. The molecule has 0 spiro atoms. The van der Waals surface area contributed by atoms with E-state index in [9.17, 15) is 54.9 Å². The number of para-hydroxylation sites is 2. The normalized spacial score (nSPS) is 12.6. The van der Waals surface area contributed by atoms with Crippen LogP contribution in [0.15, 0.2) is 90.1 Å². The topological polar surface area (TPSA) is 425 Å². The van der Waals surface area contributed by atoms with Crippen LogP contribution >= 0.6 is 65.6 Å². The van der Waals surface area contributed by atoms with Gasteiger partial charge in [0.25, 0.3) is 21.8 Å². The fraction of sp³-hybridized carbons (Fsp3) is 0.333. The predicted molar refractivity (Wildman–Crippen MR) is 342 cm³/mol. The largest absolute Gasteiger partial charge is 0.489 e. The number of halogens is 8. The average molecular weight is 1480 g/mol. The van der Waals surface area contributed by atoms with Crippen molar-refractivity contribution < 1.29 is 98.6 Å². The molecule has 9 N–H and O–H groups in total. The Bertz CT molecular complexity index is 3790. The van der Waals surface area contributed by atoms with Crippen molar-refractivity contribution in [3.8, 4) is 29.0 Å². The average Bonchev–Trinajstić information content (AvgIpc) is 0.819. The molecule has 2 atom stereocenters. The van der Waals surface area contributed by atoms with Gasteiger partial charge in [-0.05, 0) is 107 Å². The molecular weight excluding hydrogens is 1420 g/mol. The van der Waals surface area contributed by atoms with E-state index in [0.717, 1.165) is 37.4 Å². The van der Waals surface area contributed by atoms with Gasteiger partial charge in [-0.25, -0.2) is 24.1 Å². The van der Waals surface area contributed by atoms with Crippen LogP contribution in [0.5, 0.6) is 29.0 Å². The first kappa shape index (κ1) is 80.9. The summed E-state index contributed by atoms with van der Waals surface area (Å²) in [6.07, 6.45) is -5.36. The van der Waals surface area contributed by atoms with E-state index in [1.807, 2.05) is 52.0 Å². The number of carbonyl (C=O) groups is 6. The van der Waals surface area contributed by atoms with Gasteiger partial charge in [-0.1, -0.05) is 58.5 Å². The molecule has 7 rings (SSSR count). The molecule has 4 amide bonds. The number of carbonyl (C=O) groups excluding carboxylic acids is 4. The summed E-state index contributed by atoms with van der Waals surface area (Å²) in [5.74, 6) is -2.83. The first-order valence-corrected chi connectivity index (χ1v) is 32.1.